The van der Waals surface area contributed by atoms with Gasteiger partial charge >= 0.3 is 0 Å². The Labute approximate surface area is 145 Å². The first-order chi connectivity index (χ1) is 12.1. The van der Waals surface area contributed by atoms with E-state index in [0.717, 1.165) is 11.3 Å². The molecule has 1 heterocycles. The molecule has 1 aliphatic rings. The molecule has 0 saturated carbocycles. The van der Waals surface area contributed by atoms with Crippen molar-refractivity contribution in [3.8, 4) is 5.75 Å². The first-order valence-corrected chi connectivity index (χ1v) is 8.03. The summed E-state index contributed by atoms with van der Waals surface area (Å²) in [7, 11) is 1.58. The lowest BCUT2D eigenvalue weighted by Crippen LogP contribution is -2.32. The summed E-state index contributed by atoms with van der Waals surface area (Å²) in [6.45, 7) is 0.659. The molecule has 2 amide bonds. The van der Waals surface area contributed by atoms with E-state index >= 15 is 0 Å². The lowest BCUT2D eigenvalue weighted by Gasteiger charge is -2.17. The van der Waals surface area contributed by atoms with E-state index in [1.165, 1.54) is 12.1 Å². The van der Waals surface area contributed by atoms with Crippen LogP contribution in [0, 0.1) is 11.7 Å². The van der Waals surface area contributed by atoms with Crippen LogP contribution in [0.2, 0.25) is 0 Å². The number of nitrogens with one attached hydrogen (secondary N) is 1. The van der Waals surface area contributed by atoms with Crippen LogP contribution in [0.15, 0.2) is 48.5 Å². The highest BCUT2D eigenvalue weighted by Gasteiger charge is 2.34. The average Bonchev–Trinajstić information content (AvgIpc) is 3.03. The van der Waals surface area contributed by atoms with Gasteiger partial charge in [0.25, 0.3) is 0 Å². The number of carbonyl (C=O) groups excluding carboxylic acids is 2. The van der Waals surface area contributed by atoms with Gasteiger partial charge in [0.15, 0.2) is 0 Å². The molecule has 25 heavy (non-hydrogen) atoms. The minimum Gasteiger partial charge on any atom is -0.497 e. The van der Waals surface area contributed by atoms with Gasteiger partial charge < -0.3 is 15.0 Å². The summed E-state index contributed by atoms with van der Waals surface area (Å²) in [5.74, 6) is -0.244. The third-order valence-electron chi connectivity index (χ3n) is 4.26. The van der Waals surface area contributed by atoms with Crippen molar-refractivity contribution in [2.45, 2.75) is 13.0 Å². The summed E-state index contributed by atoms with van der Waals surface area (Å²) in [5, 5.41) is 2.81. The van der Waals surface area contributed by atoms with Crippen molar-refractivity contribution in [2.24, 2.45) is 5.92 Å². The zero-order chi connectivity index (χ0) is 17.8. The minimum atomic E-state index is -0.393. The van der Waals surface area contributed by atoms with Gasteiger partial charge in [0.2, 0.25) is 11.8 Å². The van der Waals surface area contributed by atoms with E-state index < -0.39 is 5.92 Å². The first-order valence-electron chi connectivity index (χ1n) is 8.03. The van der Waals surface area contributed by atoms with Crippen molar-refractivity contribution >= 4 is 17.5 Å². The predicted octanol–water partition coefficient (Wildman–Crippen LogP) is 2.50. The summed E-state index contributed by atoms with van der Waals surface area (Å²) in [4.78, 5) is 26.2. The number of halogens is 1. The van der Waals surface area contributed by atoms with Crippen LogP contribution in [0.1, 0.15) is 12.0 Å². The van der Waals surface area contributed by atoms with Gasteiger partial charge in [-0.15, -0.1) is 0 Å². The lowest BCUT2D eigenvalue weighted by atomic mass is 10.1. The normalized spacial score (nSPS) is 16.8. The molecule has 6 heteroatoms. The van der Waals surface area contributed by atoms with Crippen molar-refractivity contribution in [3.05, 3.63) is 59.9 Å². The number of hydrogen-bond acceptors (Lipinski definition) is 3. The number of methoxy groups -OCH3 is 1. The van der Waals surface area contributed by atoms with Crippen LogP contribution in [0.5, 0.6) is 5.75 Å². The maximum absolute atomic E-state index is 12.9. The van der Waals surface area contributed by atoms with Crippen molar-refractivity contribution in [1.82, 2.24) is 5.32 Å². The number of ether oxygens (including phenoxy) is 1. The molecule has 1 atom stereocenters. The van der Waals surface area contributed by atoms with E-state index in [1.54, 1.807) is 48.4 Å². The van der Waals surface area contributed by atoms with E-state index in [1.807, 2.05) is 0 Å². The van der Waals surface area contributed by atoms with E-state index in [-0.39, 0.29) is 24.1 Å². The minimum absolute atomic E-state index is 0.0768. The van der Waals surface area contributed by atoms with Crippen LogP contribution in [0.3, 0.4) is 0 Å². The quantitative estimate of drug-likeness (QED) is 0.908. The smallest absolute Gasteiger partial charge is 0.227 e. The molecule has 0 spiro atoms. The number of nitrogens with zero attached hydrogens (tertiary/aromatic N) is 1. The van der Waals surface area contributed by atoms with E-state index in [9.17, 15) is 14.0 Å². The SMILES string of the molecule is COc1ccc(N2CC(C(=O)NCc3ccc(F)cc3)CC2=O)cc1. The molecule has 2 aromatic rings. The zero-order valence-electron chi connectivity index (χ0n) is 13.9. The molecule has 0 bridgehead atoms. The Kier molecular flexibility index (Phi) is 4.97. The van der Waals surface area contributed by atoms with Crippen LogP contribution >= 0.6 is 0 Å². The second-order valence-electron chi connectivity index (χ2n) is 5.95. The third-order valence-corrected chi connectivity index (χ3v) is 4.26. The molecule has 0 aromatic heterocycles. The average molecular weight is 342 g/mol. The molecular weight excluding hydrogens is 323 g/mol. The molecule has 130 valence electrons. The second kappa shape index (κ2) is 7.34. The molecule has 1 unspecified atom stereocenters. The number of hydrogen-bond donors (Lipinski definition) is 1. The molecule has 3 rings (SSSR count). The van der Waals surface area contributed by atoms with Crippen LogP contribution in [0.4, 0.5) is 10.1 Å². The molecule has 1 aliphatic heterocycles. The largest absolute Gasteiger partial charge is 0.497 e. The van der Waals surface area contributed by atoms with Gasteiger partial charge in [-0.2, -0.15) is 0 Å². The summed E-state index contributed by atoms with van der Waals surface area (Å²) >= 11 is 0. The van der Waals surface area contributed by atoms with Gasteiger partial charge in [0, 0.05) is 25.2 Å². The Morgan fingerprint density at radius 3 is 2.52 bits per heavy atom. The van der Waals surface area contributed by atoms with Gasteiger partial charge in [-0.1, -0.05) is 12.1 Å². The number of anilines is 1. The van der Waals surface area contributed by atoms with Gasteiger partial charge in [0.05, 0.1) is 13.0 Å². The van der Waals surface area contributed by atoms with Crippen LogP contribution in [0.25, 0.3) is 0 Å². The summed E-state index contributed by atoms with van der Waals surface area (Å²) < 4.78 is 18.0. The molecule has 0 aliphatic carbocycles. The fourth-order valence-electron chi connectivity index (χ4n) is 2.83. The van der Waals surface area contributed by atoms with Crippen LogP contribution in [-0.2, 0) is 16.1 Å². The lowest BCUT2D eigenvalue weighted by molar-refractivity contribution is -0.126. The molecular formula is C19H19FN2O3. The monoisotopic (exact) mass is 342 g/mol. The maximum Gasteiger partial charge on any atom is 0.227 e. The Hall–Kier alpha value is -2.89. The highest BCUT2D eigenvalue weighted by Crippen LogP contribution is 2.27. The Balaban J connectivity index is 1.59. The topological polar surface area (TPSA) is 58.6 Å². The van der Waals surface area contributed by atoms with Crippen molar-refractivity contribution in [2.75, 3.05) is 18.6 Å². The fourth-order valence-corrected chi connectivity index (χ4v) is 2.83. The molecule has 5 nitrogen and oxygen atoms in total. The highest BCUT2D eigenvalue weighted by molar-refractivity contribution is 6.00. The predicted molar refractivity (Wildman–Crippen MR) is 91.7 cm³/mol. The van der Waals surface area contributed by atoms with Crippen LogP contribution in [-0.4, -0.2) is 25.5 Å². The number of carbonyl (C=O) groups is 2. The molecule has 1 saturated heterocycles. The van der Waals surface area contributed by atoms with Crippen molar-refractivity contribution in [3.63, 3.8) is 0 Å². The Morgan fingerprint density at radius 1 is 1.20 bits per heavy atom. The van der Waals surface area contributed by atoms with Gasteiger partial charge in [0.1, 0.15) is 11.6 Å². The number of amides is 2. The standard InChI is InChI=1S/C19H19FN2O3/c1-25-17-8-6-16(7-9-17)22-12-14(10-18(22)23)19(24)21-11-13-2-4-15(20)5-3-13/h2-9,14H,10-12H2,1H3,(H,21,24). The van der Waals surface area contributed by atoms with Gasteiger partial charge in [-0.25, -0.2) is 4.39 Å². The number of rotatable bonds is 5. The van der Waals surface area contributed by atoms with E-state index in [4.69, 9.17) is 4.74 Å². The van der Waals surface area contributed by atoms with E-state index in [0.29, 0.717) is 18.8 Å². The Bertz CT molecular complexity index is 759. The first kappa shape index (κ1) is 17.0. The summed E-state index contributed by atoms with van der Waals surface area (Å²) in [5.41, 5.74) is 1.56. The second-order valence-corrected chi connectivity index (χ2v) is 5.95. The molecule has 0 radical (unpaired) electrons. The van der Waals surface area contributed by atoms with Crippen LogP contribution < -0.4 is 15.0 Å². The fraction of sp³-hybridized carbons (Fsp3) is 0.263. The molecule has 1 fully saturated rings. The highest BCUT2D eigenvalue weighted by atomic mass is 19.1. The maximum atomic E-state index is 12.9. The van der Waals surface area contributed by atoms with Gasteiger partial charge in [-0.05, 0) is 42.0 Å². The van der Waals surface area contributed by atoms with Crippen molar-refractivity contribution in [1.29, 1.82) is 0 Å². The Morgan fingerprint density at radius 2 is 1.88 bits per heavy atom. The van der Waals surface area contributed by atoms with Gasteiger partial charge in [-0.3, -0.25) is 9.59 Å². The molecule has 1 N–H and O–H groups in total. The van der Waals surface area contributed by atoms with E-state index in [2.05, 4.69) is 5.32 Å². The summed E-state index contributed by atoms with van der Waals surface area (Å²) in [6.07, 6.45) is 0.182. The van der Waals surface area contributed by atoms with Crippen molar-refractivity contribution < 1.29 is 18.7 Å². The molecule has 2 aromatic carbocycles. The number of benzene rings is 2. The zero-order valence-corrected chi connectivity index (χ0v) is 13.9. The third kappa shape index (κ3) is 3.96. The summed E-state index contributed by atoms with van der Waals surface area (Å²) in [6, 6.07) is 13.1.